The van der Waals surface area contributed by atoms with Crippen LogP contribution in [0.15, 0.2) is 48.5 Å². The van der Waals surface area contributed by atoms with Crippen LogP contribution >= 0.6 is 0 Å². The first-order valence-electron chi connectivity index (χ1n) is 9.03. The number of hydrogen-bond donors (Lipinski definition) is 4. The first-order chi connectivity index (χ1) is 14.4. The van der Waals surface area contributed by atoms with Crippen LogP contribution < -0.4 is 15.8 Å². The third kappa shape index (κ3) is 10.2. The summed E-state index contributed by atoms with van der Waals surface area (Å²) in [6.45, 7) is 3.85. The zero-order valence-corrected chi connectivity index (χ0v) is 18.1. The van der Waals surface area contributed by atoms with E-state index >= 15 is 0 Å². The van der Waals surface area contributed by atoms with Gasteiger partial charge in [-0.3, -0.25) is 14.8 Å². The van der Waals surface area contributed by atoms with Gasteiger partial charge in [-0.15, -0.1) is 0 Å². The fourth-order valence-electron chi connectivity index (χ4n) is 2.24. The number of nitrogens with two attached hydrogens (primary N) is 1. The molecule has 1 atom stereocenters. The number of rotatable bonds is 6. The zero-order chi connectivity index (χ0) is 23.6. The van der Waals surface area contributed by atoms with Gasteiger partial charge in [0.05, 0.1) is 24.3 Å². The van der Waals surface area contributed by atoms with Crippen molar-refractivity contribution >= 4 is 33.7 Å². The Bertz CT molecular complexity index is 996. The van der Waals surface area contributed by atoms with Crippen LogP contribution in [0.25, 0.3) is 0 Å². The maximum atomic E-state index is 12.2. The molecule has 0 aliphatic carbocycles. The number of benzene rings is 2. The average molecular weight is 452 g/mol. The third-order valence-electron chi connectivity index (χ3n) is 3.63. The van der Waals surface area contributed by atoms with E-state index in [-0.39, 0.29) is 17.8 Å². The predicted molar refractivity (Wildman–Crippen MR) is 116 cm³/mol. The van der Waals surface area contributed by atoms with Crippen LogP contribution in [-0.4, -0.2) is 43.7 Å². The Hall–Kier alpha value is -3.44. The highest BCUT2D eigenvalue weighted by Gasteiger charge is 2.16. The summed E-state index contributed by atoms with van der Waals surface area (Å²) in [7, 11) is -3.67. The molecule has 0 saturated carbocycles. The Kier molecular flexibility index (Phi) is 9.64. The second-order valence-corrected chi connectivity index (χ2v) is 7.75. The summed E-state index contributed by atoms with van der Waals surface area (Å²) in [5.41, 5.74) is 6.99. The monoisotopic (exact) mass is 451 g/mol. The van der Waals surface area contributed by atoms with Crippen LogP contribution in [0.3, 0.4) is 0 Å². The van der Waals surface area contributed by atoms with Gasteiger partial charge in [0, 0.05) is 5.69 Å². The molecule has 10 nitrogen and oxygen atoms in total. The molecule has 0 radical (unpaired) electrons. The molecule has 2 aromatic carbocycles. The van der Waals surface area contributed by atoms with Crippen LogP contribution in [-0.2, 0) is 19.6 Å². The van der Waals surface area contributed by atoms with Gasteiger partial charge in [-0.1, -0.05) is 12.1 Å². The summed E-state index contributed by atoms with van der Waals surface area (Å²) in [5, 5.41) is 9.79. The topological polar surface area (TPSA) is 169 Å². The van der Waals surface area contributed by atoms with E-state index < -0.39 is 16.1 Å². The van der Waals surface area contributed by atoms with Crippen molar-refractivity contribution in [3.05, 3.63) is 59.7 Å². The molecule has 0 spiro atoms. The third-order valence-corrected chi connectivity index (χ3v) is 3.63. The van der Waals surface area contributed by atoms with Crippen molar-refractivity contribution in [2.24, 2.45) is 5.73 Å². The maximum absolute atomic E-state index is 12.2. The highest BCUT2D eigenvalue weighted by molar-refractivity contribution is 7.85. The van der Waals surface area contributed by atoms with Crippen molar-refractivity contribution < 1.29 is 32.0 Å². The van der Waals surface area contributed by atoms with Crippen molar-refractivity contribution in [2.75, 3.05) is 18.2 Å². The number of nitrogens with one attached hydrogen (secondary N) is 2. The highest BCUT2D eigenvalue weighted by atomic mass is 32.2. The molecular weight excluding hydrogens is 426 g/mol. The Morgan fingerprint density at radius 3 is 2.10 bits per heavy atom. The van der Waals surface area contributed by atoms with E-state index in [2.05, 4.69) is 5.32 Å². The summed E-state index contributed by atoms with van der Waals surface area (Å²) in [5.74, 6) is -0.999. The van der Waals surface area contributed by atoms with Gasteiger partial charge < -0.3 is 20.5 Å². The average Bonchev–Trinajstić information content (AvgIpc) is 2.67. The molecule has 168 valence electrons. The van der Waals surface area contributed by atoms with Crippen molar-refractivity contribution in [2.45, 2.75) is 19.8 Å². The molecule has 31 heavy (non-hydrogen) atoms. The maximum Gasteiger partial charge on any atom is 0.343 e. The molecule has 11 heteroatoms. The molecule has 0 amide bonds. The first-order valence-corrected chi connectivity index (χ1v) is 10.9. The number of esters is 2. The van der Waals surface area contributed by atoms with Crippen LogP contribution in [0.4, 0.5) is 5.69 Å². The molecule has 0 heterocycles. The van der Waals surface area contributed by atoms with Gasteiger partial charge in [-0.25, -0.2) is 4.79 Å². The molecule has 2 aromatic rings. The Labute approximate surface area is 180 Å². The molecule has 0 aromatic heterocycles. The minimum atomic E-state index is -3.67. The highest BCUT2D eigenvalue weighted by Crippen LogP contribution is 2.21. The van der Waals surface area contributed by atoms with Crippen LogP contribution in [0, 0.1) is 5.41 Å². The summed E-state index contributed by atoms with van der Waals surface area (Å²) in [6, 6.07) is 13.1. The van der Waals surface area contributed by atoms with E-state index in [4.69, 9.17) is 25.2 Å². The van der Waals surface area contributed by atoms with Gasteiger partial charge >= 0.3 is 11.9 Å². The number of carbonyl (C=O) groups excluding carboxylic acids is 2. The van der Waals surface area contributed by atoms with Crippen molar-refractivity contribution in [3.63, 3.8) is 0 Å². The van der Waals surface area contributed by atoms with E-state index in [0.29, 0.717) is 29.9 Å². The van der Waals surface area contributed by atoms with E-state index in [0.717, 1.165) is 5.56 Å². The minimum Gasteiger partial charge on any atom is -0.466 e. The van der Waals surface area contributed by atoms with E-state index in [1.807, 2.05) is 0 Å². The zero-order valence-electron chi connectivity index (χ0n) is 17.3. The molecule has 0 saturated heterocycles. The number of carbonyl (C=O) groups is 2. The first kappa shape index (κ1) is 25.6. The summed E-state index contributed by atoms with van der Waals surface area (Å²) < 4.78 is 36.2. The Balaban J connectivity index is 0.000000861. The van der Waals surface area contributed by atoms with Gasteiger partial charge in [0.1, 0.15) is 5.75 Å². The van der Waals surface area contributed by atoms with Crippen molar-refractivity contribution in [1.29, 1.82) is 5.41 Å². The largest absolute Gasteiger partial charge is 0.466 e. The Morgan fingerprint density at radius 1 is 1.13 bits per heavy atom. The number of hydrogen-bond acceptors (Lipinski definition) is 7. The van der Waals surface area contributed by atoms with Crippen molar-refractivity contribution in [1.82, 2.24) is 0 Å². The summed E-state index contributed by atoms with van der Waals surface area (Å²) in [6.07, 6.45) is 0.715. The normalized spacial score (nSPS) is 11.4. The number of guanidine groups is 1. The van der Waals surface area contributed by atoms with Gasteiger partial charge in [0.2, 0.25) is 0 Å². The van der Waals surface area contributed by atoms with Crippen LogP contribution in [0.5, 0.6) is 5.75 Å². The molecular formula is C20H25N3O7S. The number of anilines is 1. The van der Waals surface area contributed by atoms with E-state index in [1.54, 1.807) is 62.4 Å². The molecule has 5 N–H and O–H groups in total. The fraction of sp³-hybridized carbons (Fsp3) is 0.250. The van der Waals surface area contributed by atoms with E-state index in [9.17, 15) is 18.0 Å². The summed E-state index contributed by atoms with van der Waals surface area (Å²) >= 11 is 0. The SMILES string of the molecule is CCOC(=O)C(C)c1ccc(OC(=O)c2ccc(NC(=N)N)cc2)cc1.CS(=O)(=O)O. The van der Waals surface area contributed by atoms with Crippen LogP contribution in [0.2, 0.25) is 0 Å². The smallest absolute Gasteiger partial charge is 0.343 e. The minimum absolute atomic E-state index is 0.183. The summed E-state index contributed by atoms with van der Waals surface area (Å²) in [4.78, 5) is 23.9. The van der Waals surface area contributed by atoms with Crippen LogP contribution in [0.1, 0.15) is 35.7 Å². The lowest BCUT2D eigenvalue weighted by Gasteiger charge is -2.11. The standard InChI is InChI=1S/C19H21N3O4.CH4O3S/c1-3-25-17(23)12(2)13-6-10-16(11-7-13)26-18(24)14-4-8-15(9-5-14)22-19(20)21;1-5(2,3)4/h4-12H,3H2,1-2H3,(H4,20,21,22);1H3,(H,2,3,4). The lowest BCUT2D eigenvalue weighted by Crippen LogP contribution is -2.20. The Morgan fingerprint density at radius 2 is 1.65 bits per heavy atom. The van der Waals surface area contributed by atoms with Gasteiger partial charge in [-0.2, -0.15) is 8.42 Å². The molecule has 1 unspecified atom stereocenters. The second kappa shape index (κ2) is 11.7. The van der Waals surface area contributed by atoms with Gasteiger partial charge in [0.15, 0.2) is 5.96 Å². The molecule has 2 rings (SSSR count). The quantitative estimate of drug-likeness (QED) is 0.169. The molecule has 0 aliphatic heterocycles. The van der Waals surface area contributed by atoms with Gasteiger partial charge in [-0.05, 0) is 55.8 Å². The lowest BCUT2D eigenvalue weighted by atomic mass is 10.0. The van der Waals surface area contributed by atoms with Crippen molar-refractivity contribution in [3.8, 4) is 5.75 Å². The van der Waals surface area contributed by atoms with Gasteiger partial charge in [0.25, 0.3) is 10.1 Å². The second-order valence-electron chi connectivity index (χ2n) is 6.28. The predicted octanol–water partition coefficient (Wildman–Crippen LogP) is 2.38. The molecule has 0 fully saturated rings. The molecule has 0 aliphatic rings. The number of ether oxygens (including phenoxy) is 2. The van der Waals surface area contributed by atoms with E-state index in [1.165, 1.54) is 0 Å². The fourth-order valence-corrected chi connectivity index (χ4v) is 2.24. The molecule has 0 bridgehead atoms. The lowest BCUT2D eigenvalue weighted by molar-refractivity contribution is -0.144.